The zero-order chi connectivity index (χ0) is 49.7. The van der Waals surface area contributed by atoms with Crippen LogP contribution in [0.4, 0.5) is 31.5 Å². The first-order valence-electron chi connectivity index (χ1n) is 22.5. The molecule has 8 atom stereocenters. The number of rotatable bonds is 9. The van der Waals surface area contributed by atoms with Crippen LogP contribution in [0.3, 0.4) is 0 Å². The van der Waals surface area contributed by atoms with Gasteiger partial charge in [-0.15, -0.1) is 8.80 Å². The summed E-state index contributed by atoms with van der Waals surface area (Å²) in [6.07, 6.45) is 3.04. The average molecular weight is 1030 g/mol. The topological polar surface area (TPSA) is 254 Å². The summed E-state index contributed by atoms with van der Waals surface area (Å²) in [5.74, 6) is -4.30. The predicted octanol–water partition coefficient (Wildman–Crippen LogP) is 4.89. The van der Waals surface area contributed by atoms with Crippen LogP contribution in [-0.4, -0.2) is 111 Å². The van der Waals surface area contributed by atoms with E-state index in [0.29, 0.717) is 24.0 Å². The number of aliphatic hydroxyl groups excluding tert-OH is 2. The SMILES string of the molecule is CS(=O)(=O)N(c1ccc2c(c1)S(=O)(=O)N=C(C13CCC(O1)C1C(O)=CC(=O)N(Cc4ccc(F)cc4)C13)N2)c1ccc2c(c1)S(=O)(=O)N=C(C13CCC(O1)C1C(O)=CC(=O)N(Cc4ccc(F)cc4)C13)N2. The van der Waals surface area contributed by atoms with Crippen LogP contribution < -0.4 is 14.9 Å². The van der Waals surface area contributed by atoms with Gasteiger partial charge >= 0.3 is 0 Å². The van der Waals surface area contributed by atoms with Crippen molar-refractivity contribution in [1.29, 1.82) is 0 Å². The van der Waals surface area contributed by atoms with E-state index in [9.17, 15) is 53.8 Å². The van der Waals surface area contributed by atoms with Crippen molar-refractivity contribution in [3.63, 3.8) is 0 Å². The number of hydrogen-bond donors (Lipinski definition) is 4. The third-order valence-electron chi connectivity index (χ3n) is 14.8. The average Bonchev–Trinajstić information content (AvgIpc) is 4.10. The van der Waals surface area contributed by atoms with Crippen molar-refractivity contribution in [2.45, 2.75) is 84.1 Å². The molecule has 8 heterocycles. The number of halogens is 2. The number of ether oxygens (including phenoxy) is 2. The molecule has 368 valence electrons. The van der Waals surface area contributed by atoms with E-state index in [1.807, 2.05) is 0 Å². The maximum atomic E-state index is 14.3. The summed E-state index contributed by atoms with van der Waals surface area (Å²) in [7, 11) is -13.7. The van der Waals surface area contributed by atoms with Crippen molar-refractivity contribution >= 4 is 76.3 Å². The number of amides is 2. The first kappa shape index (κ1) is 45.4. The molecular weight excluding hydrogens is 989 g/mol. The highest BCUT2D eigenvalue weighted by Gasteiger charge is 2.69. The zero-order valence-electron chi connectivity index (χ0n) is 37.1. The summed E-state index contributed by atoms with van der Waals surface area (Å²) in [6, 6.07) is 16.6. The number of aliphatic hydroxyl groups is 2. The molecule has 0 spiro atoms. The van der Waals surface area contributed by atoms with E-state index in [4.69, 9.17) is 9.47 Å². The predicted molar refractivity (Wildman–Crippen MR) is 250 cm³/mol. The molecule has 4 saturated heterocycles. The molecule has 4 aromatic carbocycles. The molecule has 8 unspecified atom stereocenters. The molecule has 12 rings (SSSR count). The van der Waals surface area contributed by atoms with E-state index in [2.05, 4.69) is 19.4 Å². The number of hydrogen-bond acceptors (Lipinski definition) is 14. The van der Waals surface area contributed by atoms with Crippen LogP contribution in [0.1, 0.15) is 36.8 Å². The van der Waals surface area contributed by atoms with Crippen molar-refractivity contribution in [2.24, 2.45) is 20.6 Å². The van der Waals surface area contributed by atoms with E-state index in [-0.39, 0.29) is 71.9 Å². The summed E-state index contributed by atoms with van der Waals surface area (Å²) < 4.78 is 134. The fourth-order valence-electron chi connectivity index (χ4n) is 11.9. The Morgan fingerprint density at radius 3 is 1.45 bits per heavy atom. The number of sulfonamides is 3. The van der Waals surface area contributed by atoms with Crippen molar-refractivity contribution in [3.05, 3.63) is 131 Å². The van der Waals surface area contributed by atoms with Crippen LogP contribution in [0, 0.1) is 23.5 Å². The van der Waals surface area contributed by atoms with Crippen LogP contribution in [0.15, 0.2) is 127 Å². The van der Waals surface area contributed by atoms with Crippen LogP contribution in [0.25, 0.3) is 0 Å². The van der Waals surface area contributed by atoms with Gasteiger partial charge in [0.25, 0.3) is 31.9 Å². The van der Waals surface area contributed by atoms with Gasteiger partial charge in [0.1, 0.15) is 44.1 Å². The lowest BCUT2D eigenvalue weighted by molar-refractivity contribution is -0.134. The minimum atomic E-state index is -4.67. The molecule has 71 heavy (non-hydrogen) atoms. The van der Waals surface area contributed by atoms with Gasteiger partial charge in [0.15, 0.2) is 11.7 Å². The van der Waals surface area contributed by atoms with E-state index in [1.54, 1.807) is 0 Å². The number of benzene rings is 4. The van der Waals surface area contributed by atoms with Gasteiger partial charge in [0.2, 0.25) is 10.0 Å². The molecule has 8 aliphatic heterocycles. The van der Waals surface area contributed by atoms with Crippen LogP contribution in [-0.2, 0) is 62.2 Å². The Morgan fingerprint density at radius 2 is 1.07 bits per heavy atom. The first-order chi connectivity index (χ1) is 33.7. The smallest absolute Gasteiger partial charge is 0.286 e. The number of carbonyl (C=O) groups excluding carboxylic acids is 2. The molecule has 0 aliphatic carbocycles. The fourth-order valence-corrected chi connectivity index (χ4v) is 15.3. The van der Waals surface area contributed by atoms with Gasteiger partial charge in [-0.05, 0) is 97.5 Å². The van der Waals surface area contributed by atoms with Gasteiger partial charge < -0.3 is 40.1 Å². The molecule has 4 aromatic rings. The third kappa shape index (κ3) is 6.92. The van der Waals surface area contributed by atoms with Crippen LogP contribution >= 0.6 is 0 Å². The largest absolute Gasteiger partial charge is 0.512 e. The molecule has 0 saturated carbocycles. The second-order valence-electron chi connectivity index (χ2n) is 18.9. The Bertz CT molecular complexity index is 3310. The van der Waals surface area contributed by atoms with Gasteiger partial charge in [0, 0.05) is 25.2 Å². The molecule has 4 fully saturated rings. The standard InChI is InChI=1S/C47H41F2N7O12S3/c1-69(61,62)56(28-10-12-30-36(18-28)70(63,64)52-44(50-30)46-16-14-34(67-46)40-32(57)20-38(59)54(42(40)46)22-24-2-6-26(48)7-3-24)29-11-13-31-37(19-29)71(65,66)53-45(51-31)47-17-15-35(68-47)41-33(58)21-39(60)55(43(41)47)23-25-4-8-27(49)9-5-25/h2-13,18-21,34-35,40-43,57-58H,14-17,22-23H2,1H3,(H,50,52)(H,51,53). The van der Waals surface area contributed by atoms with Gasteiger partial charge in [-0.1, -0.05) is 24.3 Å². The van der Waals surface area contributed by atoms with E-state index >= 15 is 0 Å². The third-order valence-corrected chi connectivity index (χ3v) is 18.5. The number of fused-ring (bicyclic) bond motifs is 12. The van der Waals surface area contributed by atoms with Crippen molar-refractivity contribution in [2.75, 3.05) is 21.2 Å². The van der Waals surface area contributed by atoms with E-state index < -0.39 is 111 Å². The van der Waals surface area contributed by atoms with Gasteiger partial charge in [0.05, 0.1) is 65.1 Å². The number of nitrogens with one attached hydrogen (secondary N) is 2. The number of amidine groups is 2. The van der Waals surface area contributed by atoms with Crippen molar-refractivity contribution < 1.29 is 63.3 Å². The lowest BCUT2D eigenvalue weighted by atomic mass is 9.72. The maximum Gasteiger partial charge on any atom is 0.286 e. The molecule has 0 radical (unpaired) electrons. The van der Waals surface area contributed by atoms with Crippen LogP contribution in [0.5, 0.6) is 0 Å². The van der Waals surface area contributed by atoms with E-state index in [0.717, 1.165) is 34.8 Å². The zero-order valence-corrected chi connectivity index (χ0v) is 39.6. The Kier molecular flexibility index (Phi) is 9.84. The van der Waals surface area contributed by atoms with Crippen LogP contribution in [0.2, 0.25) is 0 Å². The quantitative estimate of drug-likeness (QED) is 0.174. The number of nitrogens with zero attached hydrogens (tertiary/aromatic N) is 5. The highest BCUT2D eigenvalue weighted by molar-refractivity contribution is 7.92. The molecular formula is C47H41F2N7O12S3. The Hall–Kier alpha value is -6.73. The maximum absolute atomic E-state index is 14.3. The lowest BCUT2D eigenvalue weighted by Gasteiger charge is -2.45. The summed E-state index contributed by atoms with van der Waals surface area (Å²) in [4.78, 5) is 29.1. The second kappa shape index (κ2) is 15.4. The fraction of sp³-hybridized carbons (Fsp3) is 0.319. The van der Waals surface area contributed by atoms with Gasteiger partial charge in [-0.25, -0.2) is 21.5 Å². The highest BCUT2D eigenvalue weighted by Crippen LogP contribution is 2.57. The van der Waals surface area contributed by atoms with E-state index in [1.165, 1.54) is 82.6 Å². The second-order valence-corrected chi connectivity index (χ2v) is 23.9. The van der Waals surface area contributed by atoms with Crippen molar-refractivity contribution in [3.8, 4) is 0 Å². The summed E-state index contributed by atoms with van der Waals surface area (Å²) in [5.41, 5.74) is -2.35. The molecule has 2 amide bonds. The van der Waals surface area contributed by atoms with Crippen molar-refractivity contribution in [1.82, 2.24) is 9.80 Å². The summed E-state index contributed by atoms with van der Waals surface area (Å²) in [6.45, 7) is -0.0329. The molecule has 24 heteroatoms. The summed E-state index contributed by atoms with van der Waals surface area (Å²) in [5, 5.41) is 28.3. The Morgan fingerprint density at radius 1 is 0.676 bits per heavy atom. The van der Waals surface area contributed by atoms with Gasteiger partial charge in [-0.3, -0.25) is 9.59 Å². The molecule has 8 aliphatic rings. The number of anilines is 4. The first-order valence-corrected chi connectivity index (χ1v) is 27.2. The molecule has 19 nitrogen and oxygen atoms in total. The lowest BCUT2D eigenvalue weighted by Crippen LogP contribution is -2.62. The number of carbonyl (C=O) groups is 2. The summed E-state index contributed by atoms with van der Waals surface area (Å²) >= 11 is 0. The highest BCUT2D eigenvalue weighted by atomic mass is 32.2. The van der Waals surface area contributed by atoms with Gasteiger partial charge in [-0.2, -0.15) is 16.8 Å². The normalized spacial score (nSPS) is 30.5. The minimum Gasteiger partial charge on any atom is -0.512 e. The molecule has 0 aromatic heterocycles. The Balaban J connectivity index is 0.860. The Labute approximate surface area is 404 Å². The molecule has 4 bridgehead atoms. The monoisotopic (exact) mass is 1030 g/mol. The minimum absolute atomic E-state index is 0.00671. The molecule has 4 N–H and O–H groups in total.